The van der Waals surface area contributed by atoms with E-state index in [2.05, 4.69) is 5.32 Å². The van der Waals surface area contributed by atoms with Gasteiger partial charge < -0.3 is 15.7 Å². The second kappa shape index (κ2) is 6.79. The number of hydrogen-bond acceptors (Lipinski definition) is 3. The molecule has 0 saturated carbocycles. The fraction of sp³-hybridized carbons (Fsp3) is 0.0667. The summed E-state index contributed by atoms with van der Waals surface area (Å²) in [5.41, 5.74) is -1.84. The summed E-state index contributed by atoms with van der Waals surface area (Å²) in [4.78, 5) is 23.5. The number of halogens is 4. The van der Waals surface area contributed by atoms with Crippen LogP contribution in [-0.4, -0.2) is 16.9 Å². The molecule has 0 saturated heterocycles. The molecular formula is C15H10ClF3N2O3. The number of carbonyl (C=O) groups excluding carboxylic acids is 2. The van der Waals surface area contributed by atoms with Crippen LogP contribution in [0.2, 0.25) is 5.02 Å². The van der Waals surface area contributed by atoms with Gasteiger partial charge in [-0.25, -0.2) is 0 Å². The number of aromatic hydroxyl groups is 1. The highest BCUT2D eigenvalue weighted by Crippen LogP contribution is 2.36. The number of nitrogens with one attached hydrogen (secondary N) is 2. The number of alkyl halides is 3. The summed E-state index contributed by atoms with van der Waals surface area (Å²) in [6, 6.07) is 8.31. The molecule has 0 spiro atoms. The highest BCUT2D eigenvalue weighted by molar-refractivity contribution is 6.44. The summed E-state index contributed by atoms with van der Waals surface area (Å²) in [5, 5.41) is 13.3. The molecule has 9 heteroatoms. The monoisotopic (exact) mass is 358 g/mol. The Kier molecular flexibility index (Phi) is 4.99. The molecule has 0 heterocycles. The van der Waals surface area contributed by atoms with E-state index in [1.165, 1.54) is 24.3 Å². The Morgan fingerprint density at radius 3 is 2.12 bits per heavy atom. The van der Waals surface area contributed by atoms with Crippen molar-refractivity contribution in [3.05, 3.63) is 53.1 Å². The number of phenols is 1. The number of anilines is 2. The third-order valence-corrected chi connectivity index (χ3v) is 3.13. The number of benzene rings is 2. The van der Waals surface area contributed by atoms with Crippen LogP contribution in [0.25, 0.3) is 0 Å². The maximum absolute atomic E-state index is 12.9. The lowest BCUT2D eigenvalue weighted by Gasteiger charge is -2.14. The van der Waals surface area contributed by atoms with Crippen molar-refractivity contribution in [3.63, 3.8) is 0 Å². The van der Waals surface area contributed by atoms with Crippen molar-refractivity contribution in [2.45, 2.75) is 6.18 Å². The van der Waals surface area contributed by atoms with Crippen LogP contribution in [0.3, 0.4) is 0 Å². The van der Waals surface area contributed by atoms with Gasteiger partial charge in [0.15, 0.2) is 0 Å². The predicted octanol–water partition coefficient (Wildman–Crippen LogP) is 3.64. The molecule has 0 aliphatic rings. The Balaban J connectivity index is 2.18. The van der Waals surface area contributed by atoms with Crippen molar-refractivity contribution in [3.8, 4) is 5.75 Å². The molecule has 0 bridgehead atoms. The first kappa shape index (κ1) is 17.6. The first-order chi connectivity index (χ1) is 11.2. The Morgan fingerprint density at radius 1 is 0.958 bits per heavy atom. The van der Waals surface area contributed by atoms with Crippen molar-refractivity contribution in [2.24, 2.45) is 0 Å². The van der Waals surface area contributed by atoms with E-state index in [0.717, 1.165) is 12.1 Å². The number of hydrogen-bond donors (Lipinski definition) is 3. The number of phenolic OH excluding ortho intramolecular Hbond substituents is 1. The summed E-state index contributed by atoms with van der Waals surface area (Å²) in [6.45, 7) is 0. The quantitative estimate of drug-likeness (QED) is 0.566. The first-order valence-electron chi connectivity index (χ1n) is 6.45. The van der Waals surface area contributed by atoms with E-state index in [-0.39, 0.29) is 16.5 Å². The minimum atomic E-state index is -4.76. The van der Waals surface area contributed by atoms with Crippen molar-refractivity contribution >= 4 is 34.8 Å². The molecule has 0 atom stereocenters. The van der Waals surface area contributed by atoms with Gasteiger partial charge in [0, 0.05) is 5.02 Å². The van der Waals surface area contributed by atoms with Crippen LogP contribution in [0.1, 0.15) is 5.56 Å². The van der Waals surface area contributed by atoms with Crippen molar-refractivity contribution < 1.29 is 27.9 Å². The highest BCUT2D eigenvalue weighted by Gasteiger charge is 2.34. The third-order valence-electron chi connectivity index (χ3n) is 2.89. The molecule has 2 aromatic rings. The van der Waals surface area contributed by atoms with Gasteiger partial charge in [0.2, 0.25) is 0 Å². The zero-order valence-corrected chi connectivity index (χ0v) is 12.6. The Hall–Kier alpha value is -2.74. The second-order valence-corrected chi connectivity index (χ2v) is 5.05. The van der Waals surface area contributed by atoms with Gasteiger partial charge in [0.25, 0.3) is 0 Å². The minimum Gasteiger partial charge on any atom is -0.506 e. The van der Waals surface area contributed by atoms with Crippen molar-refractivity contribution in [1.29, 1.82) is 0 Å². The van der Waals surface area contributed by atoms with E-state index in [4.69, 9.17) is 11.6 Å². The van der Waals surface area contributed by atoms with Crippen molar-refractivity contribution in [2.75, 3.05) is 10.6 Å². The van der Waals surface area contributed by atoms with Crippen LogP contribution in [0.5, 0.6) is 5.75 Å². The fourth-order valence-electron chi connectivity index (χ4n) is 1.80. The molecule has 2 aromatic carbocycles. The number of para-hydroxylation sites is 2. The lowest BCUT2D eigenvalue weighted by Crippen LogP contribution is -2.30. The predicted molar refractivity (Wildman–Crippen MR) is 81.8 cm³/mol. The molecule has 0 unspecified atom stereocenters. The fourth-order valence-corrected chi connectivity index (χ4v) is 1.97. The van der Waals surface area contributed by atoms with Crippen molar-refractivity contribution in [1.82, 2.24) is 0 Å². The minimum absolute atomic E-state index is 0.0511. The SMILES string of the molecule is O=C(Nc1ccccc1O)C(=O)Nc1ccc(Cl)cc1C(F)(F)F. The van der Waals surface area contributed by atoms with Gasteiger partial charge in [-0.15, -0.1) is 0 Å². The van der Waals surface area contributed by atoms with Gasteiger partial charge in [0.1, 0.15) is 5.75 Å². The van der Waals surface area contributed by atoms with Gasteiger partial charge in [-0.1, -0.05) is 23.7 Å². The molecule has 0 aliphatic carbocycles. The van der Waals surface area contributed by atoms with E-state index in [9.17, 15) is 27.9 Å². The maximum atomic E-state index is 12.9. The largest absolute Gasteiger partial charge is 0.506 e. The van der Waals surface area contributed by atoms with E-state index in [0.29, 0.717) is 6.07 Å². The topological polar surface area (TPSA) is 78.4 Å². The highest BCUT2D eigenvalue weighted by atomic mass is 35.5. The van der Waals surface area contributed by atoms with Crippen LogP contribution < -0.4 is 10.6 Å². The van der Waals surface area contributed by atoms with E-state index >= 15 is 0 Å². The lowest BCUT2D eigenvalue weighted by atomic mass is 10.1. The second-order valence-electron chi connectivity index (χ2n) is 4.61. The normalized spacial score (nSPS) is 11.0. The molecule has 126 valence electrons. The number of carbonyl (C=O) groups is 2. The molecule has 3 N–H and O–H groups in total. The van der Waals surface area contributed by atoms with E-state index in [1.807, 2.05) is 5.32 Å². The van der Waals surface area contributed by atoms with Gasteiger partial charge in [-0.3, -0.25) is 9.59 Å². The Bertz CT molecular complexity index is 794. The third kappa shape index (κ3) is 4.17. The molecule has 24 heavy (non-hydrogen) atoms. The lowest BCUT2D eigenvalue weighted by molar-refractivity contribution is -0.137. The van der Waals surface area contributed by atoms with E-state index < -0.39 is 29.2 Å². The van der Waals surface area contributed by atoms with Gasteiger partial charge in [0.05, 0.1) is 16.9 Å². The van der Waals surface area contributed by atoms with Gasteiger partial charge >= 0.3 is 18.0 Å². The summed E-state index contributed by atoms with van der Waals surface area (Å²) in [7, 11) is 0. The molecule has 0 aromatic heterocycles. The molecule has 5 nitrogen and oxygen atoms in total. The summed E-state index contributed by atoms with van der Waals surface area (Å²) in [5.74, 6) is -2.85. The smallest absolute Gasteiger partial charge is 0.418 e. The molecular weight excluding hydrogens is 349 g/mol. The number of amides is 2. The first-order valence-corrected chi connectivity index (χ1v) is 6.83. The zero-order chi connectivity index (χ0) is 17.9. The molecule has 2 rings (SSSR count). The molecule has 0 fully saturated rings. The molecule has 0 aliphatic heterocycles. The van der Waals surface area contributed by atoms with Crippen LogP contribution in [0.4, 0.5) is 24.5 Å². The maximum Gasteiger partial charge on any atom is 0.418 e. The Labute approximate surface area is 139 Å². The summed E-state index contributed by atoms with van der Waals surface area (Å²) in [6.07, 6.45) is -4.76. The summed E-state index contributed by atoms with van der Waals surface area (Å²) >= 11 is 5.53. The Morgan fingerprint density at radius 2 is 1.54 bits per heavy atom. The average Bonchev–Trinajstić information content (AvgIpc) is 2.50. The van der Waals surface area contributed by atoms with Crippen LogP contribution in [0.15, 0.2) is 42.5 Å². The average molecular weight is 359 g/mol. The number of rotatable bonds is 2. The van der Waals surface area contributed by atoms with Crippen LogP contribution in [-0.2, 0) is 15.8 Å². The summed E-state index contributed by atoms with van der Waals surface area (Å²) < 4.78 is 38.8. The molecule has 0 radical (unpaired) electrons. The van der Waals surface area contributed by atoms with Gasteiger partial charge in [-0.05, 0) is 30.3 Å². The standard InChI is InChI=1S/C15H10ClF3N2O3/c16-8-5-6-10(9(7-8)15(17,18)19)20-13(23)14(24)21-11-3-1-2-4-12(11)22/h1-7,22H,(H,20,23)(H,21,24). The van der Waals surface area contributed by atoms with E-state index in [1.54, 1.807) is 0 Å². The zero-order valence-electron chi connectivity index (χ0n) is 11.8. The van der Waals surface area contributed by atoms with Gasteiger partial charge in [-0.2, -0.15) is 13.2 Å². The molecule has 2 amide bonds. The van der Waals surface area contributed by atoms with Crippen LogP contribution >= 0.6 is 11.6 Å². The van der Waals surface area contributed by atoms with Crippen LogP contribution in [0, 0.1) is 0 Å².